The quantitative estimate of drug-likeness (QED) is 0.853. The van der Waals surface area contributed by atoms with E-state index in [2.05, 4.69) is 40.0 Å². The lowest BCUT2D eigenvalue weighted by Gasteiger charge is -2.02. The minimum absolute atomic E-state index is 0.575. The highest BCUT2D eigenvalue weighted by atomic mass is 79.9. The molecule has 2 rings (SSSR count). The van der Waals surface area contributed by atoms with E-state index in [0.29, 0.717) is 6.61 Å². The molecule has 1 aromatic heterocycles. The molecule has 1 heterocycles. The molecule has 2 nitrogen and oxygen atoms in total. The Labute approximate surface area is 107 Å². The zero-order chi connectivity index (χ0) is 11.5. The van der Waals surface area contributed by atoms with Crippen LogP contribution in [-0.2, 0) is 11.3 Å². The summed E-state index contributed by atoms with van der Waals surface area (Å²) in [5.74, 6) is 0. The van der Waals surface area contributed by atoms with Crippen LogP contribution < -0.4 is 0 Å². The van der Waals surface area contributed by atoms with Crippen molar-refractivity contribution >= 4 is 27.3 Å². The fourth-order valence-corrected chi connectivity index (χ4v) is 2.88. The van der Waals surface area contributed by atoms with Crippen molar-refractivity contribution in [3.63, 3.8) is 0 Å². The number of halogens is 1. The Morgan fingerprint density at radius 1 is 1.44 bits per heavy atom. The molecular formula is C12H12BrNOS. The average Bonchev–Trinajstić information content (AvgIpc) is 2.67. The van der Waals surface area contributed by atoms with Crippen LogP contribution in [0.2, 0.25) is 0 Å². The minimum atomic E-state index is 0.575. The summed E-state index contributed by atoms with van der Waals surface area (Å²) in [6.07, 6.45) is 0. The first-order chi connectivity index (χ1) is 7.70. The Morgan fingerprint density at radius 2 is 2.25 bits per heavy atom. The molecule has 0 radical (unpaired) electrons. The second-order valence-corrected chi connectivity index (χ2v) is 5.31. The van der Waals surface area contributed by atoms with E-state index in [1.807, 2.05) is 11.4 Å². The van der Waals surface area contributed by atoms with Gasteiger partial charge in [0.25, 0.3) is 0 Å². The van der Waals surface area contributed by atoms with Crippen LogP contribution in [0, 0.1) is 6.92 Å². The lowest BCUT2D eigenvalue weighted by Crippen LogP contribution is -1.88. The molecule has 2 aromatic rings. The van der Waals surface area contributed by atoms with Crippen LogP contribution in [-0.4, -0.2) is 12.1 Å². The first-order valence-electron chi connectivity index (χ1n) is 4.90. The molecular weight excluding hydrogens is 286 g/mol. The molecule has 0 aliphatic heterocycles. The van der Waals surface area contributed by atoms with Crippen molar-refractivity contribution in [2.45, 2.75) is 13.5 Å². The molecule has 0 bridgehead atoms. The zero-order valence-corrected chi connectivity index (χ0v) is 11.6. The first-order valence-corrected chi connectivity index (χ1v) is 6.58. The van der Waals surface area contributed by atoms with E-state index in [1.165, 1.54) is 11.1 Å². The summed E-state index contributed by atoms with van der Waals surface area (Å²) in [6, 6.07) is 6.24. The number of nitrogens with zero attached hydrogens (tertiary/aromatic N) is 1. The number of ether oxygens (including phenoxy) is 1. The van der Waals surface area contributed by atoms with E-state index in [9.17, 15) is 0 Å². The third kappa shape index (κ3) is 2.51. The molecule has 0 saturated carbocycles. The molecule has 16 heavy (non-hydrogen) atoms. The number of benzene rings is 1. The molecule has 84 valence electrons. The summed E-state index contributed by atoms with van der Waals surface area (Å²) >= 11 is 5.12. The van der Waals surface area contributed by atoms with Crippen LogP contribution in [0.15, 0.2) is 28.1 Å². The van der Waals surface area contributed by atoms with Crippen LogP contribution in [0.5, 0.6) is 0 Å². The number of rotatable bonds is 3. The van der Waals surface area contributed by atoms with Gasteiger partial charge >= 0.3 is 0 Å². The summed E-state index contributed by atoms with van der Waals surface area (Å²) in [7, 11) is 1.68. The van der Waals surface area contributed by atoms with Gasteiger partial charge in [-0.3, -0.25) is 0 Å². The van der Waals surface area contributed by atoms with E-state index < -0.39 is 0 Å². The maximum absolute atomic E-state index is 5.06. The third-order valence-corrected chi connectivity index (χ3v) is 3.68. The van der Waals surface area contributed by atoms with Crippen LogP contribution in [0.1, 0.15) is 11.3 Å². The van der Waals surface area contributed by atoms with E-state index in [4.69, 9.17) is 4.74 Å². The molecule has 0 atom stereocenters. The molecule has 0 N–H and O–H groups in total. The standard InChI is InChI=1S/C12H12BrNOS/c1-8-5-9(13)3-4-11(8)12-14-10(6-15-2)7-16-12/h3-5,7H,6H2,1-2H3. The number of thiazole rings is 1. The Morgan fingerprint density at radius 3 is 2.94 bits per heavy atom. The average molecular weight is 298 g/mol. The van der Waals surface area contributed by atoms with Gasteiger partial charge in [0.05, 0.1) is 12.3 Å². The summed E-state index contributed by atoms with van der Waals surface area (Å²) in [4.78, 5) is 4.54. The van der Waals surface area contributed by atoms with Gasteiger partial charge in [-0.15, -0.1) is 11.3 Å². The molecule has 0 amide bonds. The molecule has 4 heteroatoms. The fraction of sp³-hybridized carbons (Fsp3) is 0.250. The lowest BCUT2D eigenvalue weighted by molar-refractivity contribution is 0.182. The smallest absolute Gasteiger partial charge is 0.123 e. The van der Waals surface area contributed by atoms with Gasteiger partial charge < -0.3 is 4.74 Å². The number of aromatic nitrogens is 1. The number of hydrogen-bond donors (Lipinski definition) is 0. The van der Waals surface area contributed by atoms with Gasteiger partial charge in [0.2, 0.25) is 0 Å². The van der Waals surface area contributed by atoms with Gasteiger partial charge in [0, 0.05) is 22.5 Å². The number of hydrogen-bond acceptors (Lipinski definition) is 3. The highest BCUT2D eigenvalue weighted by Gasteiger charge is 2.07. The molecule has 0 aliphatic carbocycles. The van der Waals surface area contributed by atoms with Crippen molar-refractivity contribution in [3.8, 4) is 10.6 Å². The maximum atomic E-state index is 5.06. The molecule has 0 saturated heterocycles. The van der Waals surface area contributed by atoms with Crippen molar-refractivity contribution < 1.29 is 4.74 Å². The van der Waals surface area contributed by atoms with Crippen molar-refractivity contribution in [1.29, 1.82) is 0 Å². The number of methoxy groups -OCH3 is 1. The second kappa shape index (κ2) is 5.08. The van der Waals surface area contributed by atoms with Gasteiger partial charge in [0.1, 0.15) is 5.01 Å². The summed E-state index contributed by atoms with van der Waals surface area (Å²) in [5, 5.41) is 3.09. The van der Waals surface area contributed by atoms with Crippen molar-refractivity contribution in [2.75, 3.05) is 7.11 Å². The van der Waals surface area contributed by atoms with Crippen LogP contribution >= 0.6 is 27.3 Å². The number of aryl methyl sites for hydroxylation is 1. The third-order valence-electron chi connectivity index (χ3n) is 2.26. The normalized spacial score (nSPS) is 10.7. The SMILES string of the molecule is COCc1csc(-c2ccc(Br)cc2C)n1. The Balaban J connectivity index is 2.35. The fourth-order valence-electron chi connectivity index (χ4n) is 1.51. The predicted octanol–water partition coefficient (Wildman–Crippen LogP) is 4.03. The highest BCUT2D eigenvalue weighted by Crippen LogP contribution is 2.28. The van der Waals surface area contributed by atoms with Gasteiger partial charge in [0.15, 0.2) is 0 Å². The van der Waals surface area contributed by atoms with Crippen molar-refractivity contribution in [3.05, 3.63) is 39.3 Å². The maximum Gasteiger partial charge on any atom is 0.123 e. The predicted molar refractivity (Wildman–Crippen MR) is 70.7 cm³/mol. The van der Waals surface area contributed by atoms with E-state index in [0.717, 1.165) is 15.2 Å². The van der Waals surface area contributed by atoms with Crippen LogP contribution in [0.4, 0.5) is 0 Å². The first kappa shape index (κ1) is 11.8. The monoisotopic (exact) mass is 297 g/mol. The van der Waals surface area contributed by atoms with Gasteiger partial charge in [-0.05, 0) is 24.6 Å². The van der Waals surface area contributed by atoms with E-state index in [1.54, 1.807) is 18.4 Å². The van der Waals surface area contributed by atoms with Gasteiger partial charge in [-0.25, -0.2) is 4.98 Å². The topological polar surface area (TPSA) is 22.1 Å². The summed E-state index contributed by atoms with van der Waals surface area (Å²) < 4.78 is 6.16. The molecule has 0 unspecified atom stereocenters. The van der Waals surface area contributed by atoms with E-state index in [-0.39, 0.29) is 0 Å². The Hall–Kier alpha value is -0.710. The lowest BCUT2D eigenvalue weighted by atomic mass is 10.1. The minimum Gasteiger partial charge on any atom is -0.378 e. The van der Waals surface area contributed by atoms with E-state index >= 15 is 0 Å². The largest absolute Gasteiger partial charge is 0.378 e. The Bertz CT molecular complexity index is 496. The summed E-state index contributed by atoms with van der Waals surface area (Å²) in [5.41, 5.74) is 3.41. The van der Waals surface area contributed by atoms with Crippen molar-refractivity contribution in [2.24, 2.45) is 0 Å². The van der Waals surface area contributed by atoms with Crippen molar-refractivity contribution in [1.82, 2.24) is 4.98 Å². The highest BCUT2D eigenvalue weighted by molar-refractivity contribution is 9.10. The van der Waals surface area contributed by atoms with Crippen LogP contribution in [0.25, 0.3) is 10.6 Å². The summed E-state index contributed by atoms with van der Waals surface area (Å²) in [6.45, 7) is 2.67. The van der Waals surface area contributed by atoms with Gasteiger partial charge in [-0.2, -0.15) is 0 Å². The van der Waals surface area contributed by atoms with Gasteiger partial charge in [-0.1, -0.05) is 22.0 Å². The Kier molecular flexibility index (Phi) is 3.74. The van der Waals surface area contributed by atoms with Crippen LogP contribution in [0.3, 0.4) is 0 Å². The molecule has 1 aromatic carbocycles. The molecule has 0 fully saturated rings. The zero-order valence-electron chi connectivity index (χ0n) is 9.16. The second-order valence-electron chi connectivity index (χ2n) is 3.54. The molecule has 0 aliphatic rings. The molecule has 0 spiro atoms.